The molecule has 0 bridgehead atoms. The van der Waals surface area contributed by atoms with Crippen molar-refractivity contribution in [3.8, 4) is 5.75 Å². The molecule has 3 aromatic carbocycles. The molecular formula is C35H37ClN6O4S. The summed E-state index contributed by atoms with van der Waals surface area (Å²) in [6.07, 6.45) is 3.55. The smallest absolute Gasteiger partial charge is 0.247 e. The van der Waals surface area contributed by atoms with Gasteiger partial charge in [0.15, 0.2) is 0 Å². The Labute approximate surface area is 279 Å². The Morgan fingerprint density at radius 1 is 1.13 bits per heavy atom. The number of amides is 1. The molecule has 5 aromatic rings. The number of halogens is 1. The number of hydrogen-bond donors (Lipinski definition) is 1. The number of sulfonamides is 1. The molecule has 47 heavy (non-hydrogen) atoms. The highest BCUT2D eigenvalue weighted by atomic mass is 35.5. The number of rotatable bonds is 8. The molecule has 0 spiro atoms. The highest BCUT2D eigenvalue weighted by molar-refractivity contribution is 7.89. The van der Waals surface area contributed by atoms with Crippen LogP contribution in [0, 0.1) is 12.3 Å². The van der Waals surface area contributed by atoms with Crippen LogP contribution >= 0.6 is 11.6 Å². The third-order valence-corrected chi connectivity index (χ3v) is 11.2. The average Bonchev–Trinajstić information content (AvgIpc) is 3.39. The van der Waals surface area contributed by atoms with Crippen molar-refractivity contribution in [2.75, 3.05) is 11.9 Å². The number of pyridine rings is 1. The van der Waals surface area contributed by atoms with E-state index in [0.717, 1.165) is 27.7 Å². The maximum atomic E-state index is 14.1. The second-order valence-electron chi connectivity index (χ2n) is 12.5. The summed E-state index contributed by atoms with van der Waals surface area (Å²) in [5.41, 5.74) is 4.41. The van der Waals surface area contributed by atoms with Crippen molar-refractivity contribution < 1.29 is 17.9 Å². The Balaban J connectivity index is 1.45. The fourth-order valence-electron chi connectivity index (χ4n) is 6.30. The fraction of sp³-hybridized carbons (Fsp3) is 0.314. The number of hydrogen-bond acceptors (Lipinski definition) is 7. The first kappa shape index (κ1) is 32.6. The van der Waals surface area contributed by atoms with E-state index < -0.39 is 21.4 Å². The van der Waals surface area contributed by atoms with Crippen molar-refractivity contribution >= 4 is 44.3 Å². The van der Waals surface area contributed by atoms with Gasteiger partial charge in [-0.25, -0.2) is 13.1 Å². The van der Waals surface area contributed by atoms with Crippen LogP contribution in [0.2, 0.25) is 5.02 Å². The lowest BCUT2D eigenvalue weighted by Gasteiger charge is -2.35. The average molecular weight is 673 g/mol. The fourth-order valence-corrected chi connectivity index (χ4v) is 8.04. The largest absolute Gasteiger partial charge is 0.488 e. The molecule has 244 valence electrons. The third kappa shape index (κ3) is 6.10. The third-order valence-electron chi connectivity index (χ3n) is 8.99. The second-order valence-corrected chi connectivity index (χ2v) is 14.8. The predicted molar refractivity (Wildman–Crippen MR) is 182 cm³/mol. The standard InChI is InChI=1S/C35H37ClN6O4S/c1-6-26-21-42(47(44,45)31-12-8-7-11-30(31)46-26)20-24-18-23(13-15-28(24)36)32(27-14-16-29-33(22(27)2)39-40-41(29)5)35(3,4)34(43)38-25-10-9-17-37-19-25/h7-19,26,32H,6,20-21H2,1-5H3,(H,38,43)/t26?,32-/m0/s1. The van der Waals surface area contributed by atoms with Crippen LogP contribution in [0.5, 0.6) is 5.75 Å². The van der Waals surface area contributed by atoms with Gasteiger partial charge in [0.05, 0.1) is 29.4 Å². The Bertz CT molecular complexity index is 2070. The number of benzene rings is 3. The number of aryl methyl sites for hydroxylation is 2. The molecular weight excluding hydrogens is 636 g/mol. The molecule has 2 atom stereocenters. The lowest BCUT2D eigenvalue weighted by molar-refractivity contribution is -0.124. The number of carbonyl (C=O) groups excluding carboxylic acids is 1. The summed E-state index contributed by atoms with van der Waals surface area (Å²) >= 11 is 6.81. The topological polar surface area (TPSA) is 119 Å². The summed E-state index contributed by atoms with van der Waals surface area (Å²) in [5.74, 6) is -0.340. The summed E-state index contributed by atoms with van der Waals surface area (Å²) in [6, 6.07) is 19.8. The minimum absolute atomic E-state index is 0.0282. The molecule has 2 aromatic heterocycles. The van der Waals surface area contributed by atoms with Gasteiger partial charge in [-0.05, 0) is 72.0 Å². The number of para-hydroxylation sites is 1. The molecule has 1 N–H and O–H groups in total. The van der Waals surface area contributed by atoms with Crippen LogP contribution in [0.1, 0.15) is 55.4 Å². The molecule has 10 nitrogen and oxygen atoms in total. The van der Waals surface area contributed by atoms with Crippen molar-refractivity contribution in [1.82, 2.24) is 24.3 Å². The molecule has 0 aliphatic carbocycles. The summed E-state index contributed by atoms with van der Waals surface area (Å²) < 4.78 is 37.2. The first-order valence-corrected chi connectivity index (χ1v) is 17.3. The van der Waals surface area contributed by atoms with Gasteiger partial charge in [0.25, 0.3) is 0 Å². The van der Waals surface area contributed by atoms with E-state index in [1.54, 1.807) is 59.5 Å². The van der Waals surface area contributed by atoms with Gasteiger partial charge in [-0.3, -0.25) is 9.78 Å². The summed E-state index contributed by atoms with van der Waals surface area (Å²) in [6.45, 7) is 7.95. The number of carbonyl (C=O) groups is 1. The molecule has 1 unspecified atom stereocenters. The highest BCUT2D eigenvalue weighted by Crippen LogP contribution is 2.45. The van der Waals surface area contributed by atoms with Gasteiger partial charge in [0.1, 0.15) is 22.3 Å². The van der Waals surface area contributed by atoms with Crippen LogP contribution in [-0.2, 0) is 28.4 Å². The monoisotopic (exact) mass is 672 g/mol. The number of nitrogens with zero attached hydrogens (tertiary/aromatic N) is 5. The van der Waals surface area contributed by atoms with E-state index >= 15 is 0 Å². The molecule has 3 heterocycles. The molecule has 12 heteroatoms. The number of aromatic nitrogens is 4. The molecule has 1 aliphatic heterocycles. The first-order chi connectivity index (χ1) is 22.4. The summed E-state index contributed by atoms with van der Waals surface area (Å²) in [4.78, 5) is 18.4. The van der Waals surface area contributed by atoms with Crippen molar-refractivity contribution in [2.45, 2.75) is 57.6 Å². The van der Waals surface area contributed by atoms with Gasteiger partial charge in [0, 0.05) is 30.7 Å². The predicted octanol–water partition coefficient (Wildman–Crippen LogP) is 6.48. The quantitative estimate of drug-likeness (QED) is 0.200. The minimum Gasteiger partial charge on any atom is -0.488 e. The van der Waals surface area contributed by atoms with Crippen LogP contribution < -0.4 is 10.1 Å². The Hall–Kier alpha value is -4.32. The second kappa shape index (κ2) is 12.7. The first-order valence-electron chi connectivity index (χ1n) is 15.5. The normalized spacial score (nSPS) is 17.0. The van der Waals surface area contributed by atoms with Crippen LogP contribution in [0.4, 0.5) is 5.69 Å². The van der Waals surface area contributed by atoms with Crippen molar-refractivity contribution in [2.24, 2.45) is 12.5 Å². The van der Waals surface area contributed by atoms with E-state index in [0.29, 0.717) is 28.4 Å². The summed E-state index contributed by atoms with van der Waals surface area (Å²) in [7, 11) is -2.07. The van der Waals surface area contributed by atoms with Crippen molar-refractivity contribution in [3.05, 3.63) is 106 Å². The van der Waals surface area contributed by atoms with Crippen LogP contribution in [0.3, 0.4) is 0 Å². The Morgan fingerprint density at radius 2 is 1.91 bits per heavy atom. The van der Waals surface area contributed by atoms with Crippen molar-refractivity contribution in [3.63, 3.8) is 0 Å². The molecule has 0 radical (unpaired) electrons. The van der Waals surface area contributed by atoms with E-state index in [4.69, 9.17) is 16.3 Å². The molecule has 0 saturated carbocycles. The maximum Gasteiger partial charge on any atom is 0.247 e. The van der Waals surface area contributed by atoms with E-state index in [-0.39, 0.29) is 30.0 Å². The van der Waals surface area contributed by atoms with E-state index in [1.165, 1.54) is 4.31 Å². The molecule has 0 fully saturated rings. The van der Waals surface area contributed by atoms with Crippen molar-refractivity contribution in [1.29, 1.82) is 0 Å². The molecule has 0 saturated heterocycles. The zero-order chi connectivity index (χ0) is 33.5. The van der Waals surface area contributed by atoms with Gasteiger partial charge >= 0.3 is 0 Å². The maximum absolute atomic E-state index is 14.1. The van der Waals surface area contributed by atoms with Crippen LogP contribution in [-0.4, -0.2) is 51.3 Å². The number of anilines is 1. The Morgan fingerprint density at radius 3 is 2.66 bits per heavy atom. The zero-order valence-corrected chi connectivity index (χ0v) is 28.5. The van der Waals surface area contributed by atoms with E-state index in [1.807, 2.05) is 59.0 Å². The van der Waals surface area contributed by atoms with E-state index in [2.05, 4.69) is 20.6 Å². The highest BCUT2D eigenvalue weighted by Gasteiger charge is 2.41. The van der Waals surface area contributed by atoms with Gasteiger partial charge < -0.3 is 10.1 Å². The van der Waals surface area contributed by atoms with Gasteiger partial charge in [0.2, 0.25) is 15.9 Å². The molecule has 6 rings (SSSR count). The Kier molecular flexibility index (Phi) is 8.82. The SMILES string of the molecule is CCC1CN(Cc2cc([C@@H](c3ccc4c(nnn4C)c3C)C(C)(C)C(=O)Nc3cccnc3)ccc2Cl)S(=O)(=O)c2ccccc2O1. The van der Waals surface area contributed by atoms with E-state index in [9.17, 15) is 13.2 Å². The molecule has 1 amide bonds. The minimum atomic E-state index is -3.91. The number of fused-ring (bicyclic) bond motifs is 2. The lowest BCUT2D eigenvalue weighted by Crippen LogP contribution is -2.38. The van der Waals surface area contributed by atoms with Gasteiger partial charge in [-0.15, -0.1) is 5.10 Å². The number of ether oxygens (including phenoxy) is 1. The van der Waals surface area contributed by atoms with Crippen LogP contribution in [0.15, 0.2) is 84.0 Å². The van der Waals surface area contributed by atoms with Gasteiger partial charge in [-0.2, -0.15) is 4.31 Å². The zero-order valence-electron chi connectivity index (χ0n) is 26.9. The lowest BCUT2D eigenvalue weighted by atomic mass is 9.69. The molecule has 1 aliphatic rings. The van der Waals surface area contributed by atoms with Crippen LogP contribution in [0.25, 0.3) is 11.0 Å². The number of nitrogens with one attached hydrogen (secondary N) is 1. The van der Waals surface area contributed by atoms with Gasteiger partial charge in [-0.1, -0.05) is 67.9 Å². The summed E-state index contributed by atoms with van der Waals surface area (Å²) in [5, 5.41) is 12.1.